The van der Waals surface area contributed by atoms with Gasteiger partial charge in [-0.3, -0.25) is 10.1 Å². The molecule has 1 heterocycles. The lowest BCUT2D eigenvalue weighted by atomic mass is 9.98. The summed E-state index contributed by atoms with van der Waals surface area (Å²) >= 11 is 0. The van der Waals surface area contributed by atoms with Crippen LogP contribution in [0.15, 0.2) is 30.5 Å². The van der Waals surface area contributed by atoms with Crippen molar-refractivity contribution in [3.05, 3.63) is 46.1 Å². The number of rotatable bonds is 3. The van der Waals surface area contributed by atoms with E-state index < -0.39 is 23.6 Å². The van der Waals surface area contributed by atoms with E-state index in [0.717, 1.165) is 0 Å². The first-order chi connectivity index (χ1) is 8.39. The molecule has 0 aliphatic carbocycles. The highest BCUT2D eigenvalue weighted by Crippen LogP contribution is 2.38. The third-order valence-corrected chi connectivity index (χ3v) is 2.72. The van der Waals surface area contributed by atoms with Crippen molar-refractivity contribution in [1.82, 2.24) is 4.98 Å². The van der Waals surface area contributed by atoms with E-state index >= 15 is 0 Å². The number of fused-ring (bicyclic) bond motifs is 1. The van der Waals surface area contributed by atoms with E-state index in [-0.39, 0.29) is 5.56 Å². The van der Waals surface area contributed by atoms with Crippen LogP contribution in [-0.4, -0.2) is 22.6 Å². The van der Waals surface area contributed by atoms with E-state index in [1.54, 1.807) is 18.2 Å². The second-order valence-electron chi connectivity index (χ2n) is 3.90. The standard InChI is InChI=1S/C11H9F3N2O2/c12-11(13,14)9(6-16(17)18)8-5-15-10-4-2-1-3-7(8)10/h1-5,9,15H,6H2. The lowest BCUT2D eigenvalue weighted by molar-refractivity contribution is -0.490. The molecule has 0 fully saturated rings. The molecule has 2 aromatic rings. The van der Waals surface area contributed by atoms with Crippen molar-refractivity contribution in [1.29, 1.82) is 0 Å². The Morgan fingerprint density at radius 1 is 1.33 bits per heavy atom. The average Bonchev–Trinajstić information content (AvgIpc) is 2.67. The predicted octanol–water partition coefficient (Wildman–Crippen LogP) is 3.09. The van der Waals surface area contributed by atoms with Crippen molar-refractivity contribution in [2.24, 2.45) is 0 Å². The normalized spacial score (nSPS) is 13.7. The highest BCUT2D eigenvalue weighted by atomic mass is 19.4. The van der Waals surface area contributed by atoms with Crippen LogP contribution in [0, 0.1) is 10.1 Å². The molecular weight excluding hydrogens is 249 g/mol. The van der Waals surface area contributed by atoms with Crippen molar-refractivity contribution < 1.29 is 18.1 Å². The molecule has 0 radical (unpaired) electrons. The highest BCUT2D eigenvalue weighted by molar-refractivity contribution is 5.83. The quantitative estimate of drug-likeness (QED) is 0.679. The lowest BCUT2D eigenvalue weighted by Crippen LogP contribution is -2.27. The van der Waals surface area contributed by atoms with E-state index in [1.807, 2.05) is 0 Å². The lowest BCUT2D eigenvalue weighted by Gasteiger charge is -2.15. The minimum Gasteiger partial charge on any atom is -0.361 e. The van der Waals surface area contributed by atoms with Gasteiger partial charge in [-0.05, 0) is 11.6 Å². The van der Waals surface area contributed by atoms with Gasteiger partial charge in [0.15, 0.2) is 0 Å². The highest BCUT2D eigenvalue weighted by Gasteiger charge is 2.45. The van der Waals surface area contributed by atoms with Crippen molar-refractivity contribution in [3.8, 4) is 0 Å². The number of nitro groups is 1. The average molecular weight is 258 g/mol. The summed E-state index contributed by atoms with van der Waals surface area (Å²) in [6.07, 6.45) is -3.45. The molecule has 0 amide bonds. The van der Waals surface area contributed by atoms with Crippen LogP contribution in [-0.2, 0) is 0 Å². The minimum absolute atomic E-state index is 0.0881. The van der Waals surface area contributed by atoms with Crippen molar-refractivity contribution in [3.63, 3.8) is 0 Å². The molecule has 18 heavy (non-hydrogen) atoms. The van der Waals surface area contributed by atoms with Gasteiger partial charge in [0.1, 0.15) is 5.92 Å². The first-order valence-corrected chi connectivity index (χ1v) is 5.14. The monoisotopic (exact) mass is 258 g/mol. The summed E-state index contributed by atoms with van der Waals surface area (Å²) in [6, 6.07) is 6.41. The van der Waals surface area contributed by atoms with Crippen molar-refractivity contribution in [2.75, 3.05) is 6.54 Å². The first kappa shape index (κ1) is 12.4. The third-order valence-electron chi connectivity index (χ3n) is 2.72. The van der Waals surface area contributed by atoms with Gasteiger partial charge in [0, 0.05) is 22.0 Å². The Labute approximate surface area is 99.6 Å². The van der Waals surface area contributed by atoms with E-state index in [2.05, 4.69) is 4.98 Å². The number of aromatic amines is 1. The number of halogens is 3. The van der Waals surface area contributed by atoms with Crippen LogP contribution in [0.1, 0.15) is 11.5 Å². The Bertz CT molecular complexity index is 577. The number of hydrogen-bond donors (Lipinski definition) is 1. The van der Waals surface area contributed by atoms with Gasteiger partial charge in [0.2, 0.25) is 6.54 Å². The van der Waals surface area contributed by atoms with E-state index in [9.17, 15) is 23.3 Å². The fraction of sp³-hybridized carbons (Fsp3) is 0.273. The summed E-state index contributed by atoms with van der Waals surface area (Å²) in [7, 11) is 0. The molecule has 1 unspecified atom stereocenters. The van der Waals surface area contributed by atoms with Crippen molar-refractivity contribution in [2.45, 2.75) is 12.1 Å². The van der Waals surface area contributed by atoms with Gasteiger partial charge in [-0.1, -0.05) is 18.2 Å². The molecule has 0 bridgehead atoms. The van der Waals surface area contributed by atoms with Crippen LogP contribution >= 0.6 is 0 Å². The van der Waals surface area contributed by atoms with Crippen molar-refractivity contribution >= 4 is 10.9 Å². The number of nitrogens with one attached hydrogen (secondary N) is 1. The molecule has 4 nitrogen and oxygen atoms in total. The largest absolute Gasteiger partial charge is 0.402 e. The Hall–Kier alpha value is -2.05. The van der Waals surface area contributed by atoms with E-state index in [0.29, 0.717) is 10.9 Å². The minimum atomic E-state index is -4.64. The maximum Gasteiger partial charge on any atom is 0.402 e. The fourth-order valence-corrected chi connectivity index (χ4v) is 1.91. The summed E-state index contributed by atoms with van der Waals surface area (Å²) in [6.45, 7) is -1.16. The molecule has 2 rings (SSSR count). The Morgan fingerprint density at radius 3 is 2.61 bits per heavy atom. The van der Waals surface area contributed by atoms with Gasteiger partial charge in [0.25, 0.3) is 0 Å². The molecule has 1 aromatic heterocycles. The Morgan fingerprint density at radius 2 is 2.00 bits per heavy atom. The number of H-pyrrole nitrogens is 1. The molecule has 0 saturated heterocycles. The fourth-order valence-electron chi connectivity index (χ4n) is 1.91. The SMILES string of the molecule is O=[N+]([O-])CC(c1c[nH]c2ccccc12)C(F)(F)F. The maximum absolute atomic E-state index is 12.9. The van der Waals surface area contributed by atoms with Gasteiger partial charge in [-0.15, -0.1) is 0 Å². The van der Waals surface area contributed by atoms with Gasteiger partial charge in [-0.2, -0.15) is 13.2 Å². The zero-order chi connectivity index (χ0) is 13.3. The number of aromatic nitrogens is 1. The molecule has 1 atom stereocenters. The van der Waals surface area contributed by atoms with Gasteiger partial charge >= 0.3 is 6.18 Å². The number of alkyl halides is 3. The molecule has 0 saturated carbocycles. The Balaban J connectivity index is 2.51. The summed E-state index contributed by atoms with van der Waals surface area (Å²) < 4.78 is 38.6. The zero-order valence-electron chi connectivity index (χ0n) is 9.07. The third kappa shape index (κ3) is 2.29. The topological polar surface area (TPSA) is 58.9 Å². The number of para-hydroxylation sites is 1. The molecule has 1 aromatic carbocycles. The zero-order valence-corrected chi connectivity index (χ0v) is 9.07. The molecular formula is C11H9F3N2O2. The van der Waals surface area contributed by atoms with E-state index in [1.165, 1.54) is 12.3 Å². The summed E-state index contributed by atoms with van der Waals surface area (Å²) in [5, 5.41) is 10.7. The molecule has 1 N–H and O–H groups in total. The number of hydrogen-bond acceptors (Lipinski definition) is 2. The van der Waals surface area contributed by atoms with Gasteiger partial charge < -0.3 is 4.98 Å². The molecule has 7 heteroatoms. The smallest absolute Gasteiger partial charge is 0.361 e. The molecule has 0 aliphatic rings. The van der Waals surface area contributed by atoms with Crippen LogP contribution in [0.5, 0.6) is 0 Å². The second kappa shape index (κ2) is 4.32. The number of benzene rings is 1. The Kier molecular flexibility index (Phi) is 2.98. The maximum atomic E-state index is 12.9. The van der Waals surface area contributed by atoms with Gasteiger partial charge in [-0.25, -0.2) is 0 Å². The first-order valence-electron chi connectivity index (χ1n) is 5.14. The number of nitrogens with zero attached hydrogens (tertiary/aromatic N) is 1. The summed E-state index contributed by atoms with van der Waals surface area (Å²) in [4.78, 5) is 12.1. The summed E-state index contributed by atoms with van der Waals surface area (Å²) in [5.74, 6) is -2.09. The van der Waals surface area contributed by atoms with Crippen LogP contribution < -0.4 is 0 Å². The second-order valence-corrected chi connectivity index (χ2v) is 3.90. The summed E-state index contributed by atoms with van der Waals surface area (Å²) in [5.41, 5.74) is 0.444. The predicted molar refractivity (Wildman–Crippen MR) is 59.0 cm³/mol. The molecule has 0 spiro atoms. The molecule has 0 aliphatic heterocycles. The van der Waals surface area contributed by atoms with Crippen LogP contribution in [0.2, 0.25) is 0 Å². The van der Waals surface area contributed by atoms with E-state index in [4.69, 9.17) is 0 Å². The molecule has 96 valence electrons. The van der Waals surface area contributed by atoms with Crippen LogP contribution in [0.25, 0.3) is 10.9 Å². The van der Waals surface area contributed by atoms with Gasteiger partial charge in [0.05, 0.1) is 0 Å². The van der Waals surface area contributed by atoms with Crippen LogP contribution in [0.3, 0.4) is 0 Å². The van der Waals surface area contributed by atoms with Crippen LogP contribution in [0.4, 0.5) is 13.2 Å².